The predicted molar refractivity (Wildman–Crippen MR) is 227 cm³/mol. The first-order chi connectivity index (χ1) is 28.4. The molecule has 12 heteroatoms. The number of ether oxygens (including phenoxy) is 2. The lowest BCUT2D eigenvalue weighted by Crippen LogP contribution is -2.54. The molecule has 0 aromatic heterocycles. The summed E-state index contributed by atoms with van der Waals surface area (Å²) in [4.78, 5) is 69.8. The third kappa shape index (κ3) is 8.52. The summed E-state index contributed by atoms with van der Waals surface area (Å²) in [5, 5.41) is 8.86. The van der Waals surface area contributed by atoms with E-state index in [9.17, 15) is 24.0 Å². The van der Waals surface area contributed by atoms with Gasteiger partial charge >= 0.3 is 6.09 Å². The maximum atomic E-state index is 13.9. The zero-order chi connectivity index (χ0) is 42.0. The van der Waals surface area contributed by atoms with Crippen LogP contribution in [-0.4, -0.2) is 97.6 Å². The van der Waals surface area contributed by atoms with Crippen LogP contribution in [0.25, 0.3) is 22.3 Å². The largest absolute Gasteiger partial charge is 0.453 e. The number of carbonyl (C=O) groups is 5. The Kier molecular flexibility index (Phi) is 12.9. The number of likely N-dealkylation sites (tertiary alicyclic amines) is 2. The van der Waals surface area contributed by atoms with Crippen molar-refractivity contribution >= 4 is 35.3 Å². The number of benzene rings is 3. The molecule has 314 valence electrons. The molecule has 3 fully saturated rings. The van der Waals surface area contributed by atoms with Crippen LogP contribution < -0.4 is 16.0 Å². The Balaban J connectivity index is 1.06. The van der Waals surface area contributed by atoms with Gasteiger partial charge in [0.25, 0.3) is 0 Å². The summed E-state index contributed by atoms with van der Waals surface area (Å²) in [6, 6.07) is 18.0. The summed E-state index contributed by atoms with van der Waals surface area (Å²) in [7, 11) is 2.85. The number of Topliss-reactive ketones (excluding diaryl/α,β-unsaturated/α-hetero) is 1. The van der Waals surface area contributed by atoms with Gasteiger partial charge in [-0.1, -0.05) is 76.2 Å². The third-order valence-electron chi connectivity index (χ3n) is 12.9. The minimum atomic E-state index is -0.791. The summed E-state index contributed by atoms with van der Waals surface area (Å²) in [6.07, 6.45) is 5.48. The van der Waals surface area contributed by atoms with Crippen molar-refractivity contribution in [1.82, 2.24) is 20.4 Å². The van der Waals surface area contributed by atoms with Gasteiger partial charge in [-0.15, -0.1) is 0 Å². The number of nitrogens with one attached hydrogen (secondary N) is 3. The van der Waals surface area contributed by atoms with Crippen molar-refractivity contribution < 1.29 is 33.4 Å². The molecule has 3 aromatic rings. The van der Waals surface area contributed by atoms with Crippen LogP contribution in [0.3, 0.4) is 0 Å². The Labute approximate surface area is 347 Å². The molecule has 2 saturated heterocycles. The second kappa shape index (κ2) is 18.0. The smallest absolute Gasteiger partial charge is 0.407 e. The number of anilines is 1. The summed E-state index contributed by atoms with van der Waals surface area (Å²) in [5.41, 5.74) is 8.65. The zero-order valence-corrected chi connectivity index (χ0v) is 35.2. The number of hydrogen-bond acceptors (Lipinski definition) is 8. The lowest BCUT2D eigenvalue weighted by atomic mass is 9.81. The number of ketones is 1. The molecule has 12 nitrogen and oxygen atoms in total. The van der Waals surface area contributed by atoms with Gasteiger partial charge in [-0.3, -0.25) is 24.5 Å². The zero-order valence-electron chi connectivity index (χ0n) is 35.2. The molecule has 2 heterocycles. The quantitative estimate of drug-likeness (QED) is 0.116. The van der Waals surface area contributed by atoms with Gasteiger partial charge in [0.15, 0.2) is 5.78 Å². The minimum absolute atomic E-state index is 0.0160. The molecule has 0 spiro atoms. The molecule has 4 amide bonds. The molecule has 1 saturated carbocycles. The maximum Gasteiger partial charge on any atom is 0.407 e. The topological polar surface area (TPSA) is 146 Å². The van der Waals surface area contributed by atoms with E-state index in [2.05, 4.69) is 52.3 Å². The fourth-order valence-electron chi connectivity index (χ4n) is 9.93. The van der Waals surface area contributed by atoms with Crippen LogP contribution in [-0.2, 0) is 23.9 Å². The van der Waals surface area contributed by atoms with Crippen LogP contribution >= 0.6 is 0 Å². The summed E-state index contributed by atoms with van der Waals surface area (Å²) in [6.45, 7) is 8.99. The summed E-state index contributed by atoms with van der Waals surface area (Å²) >= 11 is 0. The second-order valence-corrected chi connectivity index (χ2v) is 17.3. The van der Waals surface area contributed by atoms with Crippen molar-refractivity contribution in [2.24, 2.45) is 11.8 Å². The van der Waals surface area contributed by atoms with Crippen LogP contribution in [0, 0.1) is 11.8 Å². The lowest BCUT2D eigenvalue weighted by Gasteiger charge is -2.30. The highest BCUT2D eigenvalue weighted by atomic mass is 16.5. The lowest BCUT2D eigenvalue weighted by molar-refractivity contribution is -0.139. The fourth-order valence-corrected chi connectivity index (χ4v) is 9.93. The Bertz CT molecular complexity index is 2050. The first kappa shape index (κ1) is 42.1. The van der Waals surface area contributed by atoms with Gasteiger partial charge in [0, 0.05) is 31.5 Å². The van der Waals surface area contributed by atoms with Crippen LogP contribution in [0.2, 0.25) is 0 Å². The van der Waals surface area contributed by atoms with Gasteiger partial charge in [0.05, 0.1) is 25.9 Å². The highest BCUT2D eigenvalue weighted by Gasteiger charge is 2.42. The molecular weight excluding hydrogens is 747 g/mol. The molecule has 59 heavy (non-hydrogen) atoms. The van der Waals surface area contributed by atoms with Crippen molar-refractivity contribution in [3.63, 3.8) is 0 Å². The Morgan fingerprint density at radius 1 is 0.678 bits per heavy atom. The second-order valence-electron chi connectivity index (χ2n) is 17.3. The van der Waals surface area contributed by atoms with E-state index >= 15 is 0 Å². The van der Waals surface area contributed by atoms with E-state index in [1.54, 1.807) is 16.9 Å². The molecule has 3 N–H and O–H groups in total. The van der Waals surface area contributed by atoms with E-state index in [0.29, 0.717) is 55.4 Å². The van der Waals surface area contributed by atoms with E-state index in [4.69, 9.17) is 9.47 Å². The summed E-state index contributed by atoms with van der Waals surface area (Å²) < 4.78 is 9.91. The molecule has 7 rings (SSSR count). The number of nitrogens with zero attached hydrogens (tertiary/aromatic N) is 2. The highest BCUT2D eigenvalue weighted by molar-refractivity contribution is 6.03. The van der Waals surface area contributed by atoms with Crippen molar-refractivity contribution in [2.75, 3.05) is 39.4 Å². The maximum absolute atomic E-state index is 13.9. The molecular formula is C47H59N5O7. The number of rotatable bonds is 14. The van der Waals surface area contributed by atoms with E-state index in [-0.39, 0.29) is 42.1 Å². The van der Waals surface area contributed by atoms with E-state index < -0.39 is 30.3 Å². The average molecular weight is 806 g/mol. The molecule has 6 atom stereocenters. The van der Waals surface area contributed by atoms with Crippen LogP contribution in [0.15, 0.2) is 60.7 Å². The highest BCUT2D eigenvalue weighted by Crippen LogP contribution is 2.58. The van der Waals surface area contributed by atoms with E-state index in [0.717, 1.165) is 36.8 Å². The Hall–Kier alpha value is -5.07. The number of carbonyl (C=O) groups excluding carboxylic acids is 5. The van der Waals surface area contributed by atoms with Gasteiger partial charge in [-0.2, -0.15) is 0 Å². The minimum Gasteiger partial charge on any atom is -0.453 e. The molecule has 4 aliphatic rings. The first-order valence-electron chi connectivity index (χ1n) is 21.3. The molecule has 3 aromatic carbocycles. The van der Waals surface area contributed by atoms with Crippen LogP contribution in [0.4, 0.5) is 10.5 Å². The van der Waals surface area contributed by atoms with Gasteiger partial charge in [-0.25, -0.2) is 4.79 Å². The van der Waals surface area contributed by atoms with Crippen LogP contribution in [0.1, 0.15) is 106 Å². The average Bonchev–Trinajstić information content (AvgIpc) is 4.08. The number of alkyl carbamates (subject to hydrolysis) is 1. The van der Waals surface area contributed by atoms with Crippen molar-refractivity contribution in [2.45, 2.75) is 109 Å². The SMILES string of the molecule is COCNC(C(=O)N1CCCC1C(=O)c1ccc(-c2ccc(-c3ccc(NC(=O)C4CCCN4C(=O)C(NC(=O)OC)C(C)C)cc3)c3c2C2CCC3C2)cc1)C(C)C. The Morgan fingerprint density at radius 2 is 1.20 bits per heavy atom. The number of fused-ring (bicyclic) bond motifs is 5. The fraction of sp³-hybridized carbons (Fsp3) is 0.511. The van der Waals surface area contributed by atoms with Crippen molar-refractivity contribution in [1.29, 1.82) is 0 Å². The molecule has 6 unspecified atom stereocenters. The predicted octanol–water partition coefficient (Wildman–Crippen LogP) is 7.09. The normalized spacial score (nSPS) is 21.8. The van der Waals surface area contributed by atoms with E-state index in [1.165, 1.54) is 29.4 Å². The van der Waals surface area contributed by atoms with Gasteiger partial charge in [0.1, 0.15) is 12.1 Å². The molecule has 0 radical (unpaired) electrons. The summed E-state index contributed by atoms with van der Waals surface area (Å²) in [5.74, 6) is 0.246. The standard InChI is InChI=1S/C47H59N5O7/c1-27(2)41(48-26-58-5)45(55)51-23-7-9-37(51)43(53)31-13-11-29(12-14-31)35-21-22-36(40-33-16-15-32(25-33)39(35)40)30-17-19-34(20-18-30)49-44(54)38-10-8-24-52(38)46(56)42(28(3)4)50-47(57)59-6/h11-14,17-22,27-28,32-33,37-38,41-42,48H,7-10,15-16,23-26H2,1-6H3,(H,49,54)(H,50,57). The molecule has 2 aliphatic heterocycles. The molecule has 2 bridgehead atoms. The Morgan fingerprint density at radius 3 is 1.75 bits per heavy atom. The van der Waals surface area contributed by atoms with Gasteiger partial charge in [0.2, 0.25) is 17.7 Å². The number of methoxy groups -OCH3 is 2. The third-order valence-corrected chi connectivity index (χ3v) is 12.9. The van der Waals surface area contributed by atoms with Crippen molar-refractivity contribution in [3.8, 4) is 22.3 Å². The van der Waals surface area contributed by atoms with Gasteiger partial charge < -0.3 is 29.9 Å². The number of amides is 4. The molecule has 2 aliphatic carbocycles. The van der Waals surface area contributed by atoms with Gasteiger partial charge in [-0.05, 0) is 114 Å². The van der Waals surface area contributed by atoms with Crippen molar-refractivity contribution in [3.05, 3.63) is 77.4 Å². The monoisotopic (exact) mass is 805 g/mol. The van der Waals surface area contributed by atoms with E-state index in [1.807, 2.05) is 52.0 Å². The first-order valence-corrected chi connectivity index (χ1v) is 21.3. The number of hydrogen-bond donors (Lipinski definition) is 3. The van der Waals surface area contributed by atoms with Crippen LogP contribution in [0.5, 0.6) is 0 Å².